The van der Waals surface area contributed by atoms with E-state index in [9.17, 15) is 13.2 Å². The summed E-state index contributed by atoms with van der Waals surface area (Å²) in [6.07, 6.45) is 6.39. The molecule has 2 heterocycles. The first kappa shape index (κ1) is 22.2. The molecule has 2 aromatic carbocycles. The molecule has 1 saturated heterocycles. The van der Waals surface area contributed by atoms with E-state index in [1.807, 2.05) is 48.9 Å². The molecule has 3 aromatic rings. The van der Waals surface area contributed by atoms with Crippen LogP contribution in [0.3, 0.4) is 0 Å². The van der Waals surface area contributed by atoms with E-state index in [-0.39, 0.29) is 17.9 Å². The number of sulfonamides is 1. The van der Waals surface area contributed by atoms with Gasteiger partial charge in [-0.25, -0.2) is 13.4 Å². The molecule has 4 rings (SSSR count). The molecule has 0 saturated carbocycles. The molecule has 32 heavy (non-hydrogen) atoms. The van der Waals surface area contributed by atoms with Crippen molar-refractivity contribution in [3.05, 3.63) is 78.4 Å². The number of nitrogens with zero attached hydrogens (tertiary/aromatic N) is 3. The Morgan fingerprint density at radius 2 is 1.72 bits per heavy atom. The summed E-state index contributed by atoms with van der Waals surface area (Å²) >= 11 is 0. The van der Waals surface area contributed by atoms with Gasteiger partial charge in [0.1, 0.15) is 0 Å². The number of aryl methyl sites for hydroxylation is 1. The topological polar surface area (TPSA) is 84.3 Å². The van der Waals surface area contributed by atoms with Crippen LogP contribution in [0, 0.1) is 12.8 Å². The molecule has 0 spiro atoms. The predicted octanol–water partition coefficient (Wildman–Crippen LogP) is 3.46. The van der Waals surface area contributed by atoms with Crippen LogP contribution in [-0.4, -0.2) is 41.3 Å². The monoisotopic (exact) mass is 452 g/mol. The van der Waals surface area contributed by atoms with E-state index in [2.05, 4.69) is 10.3 Å². The summed E-state index contributed by atoms with van der Waals surface area (Å²) in [7, 11) is -3.52. The van der Waals surface area contributed by atoms with E-state index in [1.54, 1.807) is 36.8 Å². The molecule has 1 aliphatic heterocycles. The predicted molar refractivity (Wildman–Crippen MR) is 123 cm³/mol. The van der Waals surface area contributed by atoms with Gasteiger partial charge in [-0.2, -0.15) is 4.31 Å². The largest absolute Gasteiger partial charge is 0.349 e. The zero-order valence-electron chi connectivity index (χ0n) is 18.3. The Balaban J connectivity index is 1.33. The number of carbonyl (C=O) groups is 1. The molecule has 0 bridgehead atoms. The normalized spacial score (nSPS) is 16.6. The maximum atomic E-state index is 12.9. The summed E-state index contributed by atoms with van der Waals surface area (Å²) in [4.78, 5) is 17.2. The van der Waals surface area contributed by atoms with Crippen LogP contribution in [0.4, 0.5) is 0 Å². The summed E-state index contributed by atoms with van der Waals surface area (Å²) < 4.78 is 29.1. The van der Waals surface area contributed by atoms with Crippen molar-refractivity contribution in [2.75, 3.05) is 13.1 Å². The van der Waals surface area contributed by atoms with Gasteiger partial charge in [0.15, 0.2) is 0 Å². The summed E-state index contributed by atoms with van der Waals surface area (Å²) in [6.45, 7) is 4.58. The van der Waals surface area contributed by atoms with E-state index in [4.69, 9.17) is 0 Å². The Kier molecular flexibility index (Phi) is 6.43. The second-order valence-corrected chi connectivity index (χ2v) is 10.2. The molecule has 1 atom stereocenters. The molecule has 168 valence electrons. The summed E-state index contributed by atoms with van der Waals surface area (Å²) in [5, 5.41) is 3.09. The van der Waals surface area contributed by atoms with Crippen molar-refractivity contribution in [3.8, 4) is 5.69 Å². The van der Waals surface area contributed by atoms with Gasteiger partial charge in [0, 0.05) is 37.1 Å². The highest BCUT2D eigenvalue weighted by Gasteiger charge is 2.32. The third-order valence-electron chi connectivity index (χ3n) is 6.04. The Bertz CT molecular complexity index is 1150. The van der Waals surface area contributed by atoms with Gasteiger partial charge in [0.05, 0.1) is 17.3 Å². The first-order chi connectivity index (χ1) is 15.3. The average Bonchev–Trinajstić information content (AvgIpc) is 3.34. The third-order valence-corrected chi connectivity index (χ3v) is 7.95. The molecule has 0 radical (unpaired) electrons. The number of benzene rings is 2. The molecule has 1 N–H and O–H groups in total. The molecule has 7 nitrogen and oxygen atoms in total. The number of aromatic nitrogens is 2. The van der Waals surface area contributed by atoms with Gasteiger partial charge in [-0.3, -0.25) is 4.79 Å². The highest BCUT2D eigenvalue weighted by atomic mass is 32.2. The minimum absolute atomic E-state index is 0.0245. The maximum Gasteiger partial charge on any atom is 0.243 e. The highest BCUT2D eigenvalue weighted by Crippen LogP contribution is 2.25. The van der Waals surface area contributed by atoms with Crippen molar-refractivity contribution in [1.82, 2.24) is 19.2 Å². The number of carbonyl (C=O) groups excluding carboxylic acids is 1. The number of hydrogen-bond donors (Lipinski definition) is 1. The molecule has 1 fully saturated rings. The Morgan fingerprint density at radius 1 is 1.06 bits per heavy atom. The quantitative estimate of drug-likeness (QED) is 0.621. The maximum absolute atomic E-state index is 12.9. The standard InChI is InChI=1S/C24H28N4O3S/c1-18-3-9-23(10-4-18)32(30,31)28-14-11-21(12-15-28)24(29)26-19(2)20-5-7-22(8-6-20)27-16-13-25-17-27/h3-10,13,16-17,19,21H,11-12,14-15H2,1-2H3,(H,26,29). The van der Waals surface area contributed by atoms with E-state index in [1.165, 1.54) is 4.31 Å². The van der Waals surface area contributed by atoms with Crippen molar-refractivity contribution in [3.63, 3.8) is 0 Å². The smallest absolute Gasteiger partial charge is 0.243 e. The molecule has 1 aliphatic rings. The SMILES string of the molecule is Cc1ccc(S(=O)(=O)N2CCC(C(=O)NC(C)c3ccc(-n4ccnc4)cc3)CC2)cc1. The van der Waals surface area contributed by atoms with Crippen LogP contribution in [0.2, 0.25) is 0 Å². The Morgan fingerprint density at radius 3 is 2.31 bits per heavy atom. The summed E-state index contributed by atoms with van der Waals surface area (Å²) in [5.41, 5.74) is 3.04. The Hall–Kier alpha value is -2.97. The van der Waals surface area contributed by atoms with Gasteiger partial charge in [-0.1, -0.05) is 29.8 Å². The van der Waals surface area contributed by atoms with Crippen LogP contribution < -0.4 is 5.32 Å². The zero-order valence-corrected chi connectivity index (χ0v) is 19.1. The van der Waals surface area contributed by atoms with Gasteiger partial charge >= 0.3 is 0 Å². The van der Waals surface area contributed by atoms with Crippen LogP contribution in [0.25, 0.3) is 5.69 Å². The van der Waals surface area contributed by atoms with Crippen molar-refractivity contribution >= 4 is 15.9 Å². The number of piperidine rings is 1. The third kappa shape index (κ3) is 4.76. The van der Waals surface area contributed by atoms with Crippen molar-refractivity contribution in [2.45, 2.75) is 37.6 Å². The van der Waals surface area contributed by atoms with Crippen molar-refractivity contribution in [1.29, 1.82) is 0 Å². The van der Waals surface area contributed by atoms with Crippen molar-refractivity contribution < 1.29 is 13.2 Å². The minimum Gasteiger partial charge on any atom is -0.349 e. The fraction of sp³-hybridized carbons (Fsp3) is 0.333. The first-order valence-electron chi connectivity index (χ1n) is 10.8. The number of amides is 1. The number of nitrogens with one attached hydrogen (secondary N) is 1. The fourth-order valence-electron chi connectivity index (χ4n) is 3.98. The fourth-order valence-corrected chi connectivity index (χ4v) is 5.45. The van der Waals surface area contributed by atoms with Crippen LogP contribution in [0.15, 0.2) is 72.1 Å². The minimum atomic E-state index is -3.52. The molecular weight excluding hydrogens is 424 g/mol. The van der Waals surface area contributed by atoms with Gasteiger partial charge in [-0.15, -0.1) is 0 Å². The van der Waals surface area contributed by atoms with Crippen LogP contribution in [-0.2, 0) is 14.8 Å². The van der Waals surface area contributed by atoms with Crippen LogP contribution >= 0.6 is 0 Å². The number of hydrogen-bond acceptors (Lipinski definition) is 4. The lowest BCUT2D eigenvalue weighted by Crippen LogP contribution is -2.43. The molecule has 1 unspecified atom stereocenters. The summed E-state index contributed by atoms with van der Waals surface area (Å²) in [5.74, 6) is -0.212. The lowest BCUT2D eigenvalue weighted by molar-refractivity contribution is -0.126. The van der Waals surface area contributed by atoms with Gasteiger partial charge in [0.25, 0.3) is 0 Å². The number of rotatable bonds is 6. The zero-order chi connectivity index (χ0) is 22.7. The van der Waals surface area contributed by atoms with Gasteiger partial charge in [0.2, 0.25) is 15.9 Å². The average molecular weight is 453 g/mol. The van der Waals surface area contributed by atoms with Gasteiger partial charge < -0.3 is 9.88 Å². The highest BCUT2D eigenvalue weighted by molar-refractivity contribution is 7.89. The van der Waals surface area contributed by atoms with E-state index in [0.717, 1.165) is 16.8 Å². The molecule has 1 amide bonds. The molecule has 1 aromatic heterocycles. The van der Waals surface area contributed by atoms with Crippen LogP contribution in [0.5, 0.6) is 0 Å². The molecule has 8 heteroatoms. The van der Waals surface area contributed by atoms with E-state index < -0.39 is 10.0 Å². The second kappa shape index (κ2) is 9.26. The van der Waals surface area contributed by atoms with Gasteiger partial charge in [-0.05, 0) is 56.5 Å². The van der Waals surface area contributed by atoms with E-state index >= 15 is 0 Å². The Labute approximate surface area is 189 Å². The van der Waals surface area contributed by atoms with Crippen LogP contribution in [0.1, 0.15) is 36.9 Å². The summed E-state index contributed by atoms with van der Waals surface area (Å²) in [6, 6.07) is 14.7. The lowest BCUT2D eigenvalue weighted by atomic mass is 9.96. The number of imidazole rings is 1. The van der Waals surface area contributed by atoms with Crippen molar-refractivity contribution in [2.24, 2.45) is 5.92 Å². The molecular formula is C24H28N4O3S. The first-order valence-corrected chi connectivity index (χ1v) is 12.2. The second-order valence-electron chi connectivity index (χ2n) is 8.28. The lowest BCUT2D eigenvalue weighted by Gasteiger charge is -2.31. The molecule has 0 aliphatic carbocycles. The van der Waals surface area contributed by atoms with E-state index in [0.29, 0.717) is 30.8 Å².